The SMILES string of the molecule is O=C(O)c1ccc2c(C3CCCCC3)c3n(c2c1)C[C@H](OCC1CCCN1Cc1ccccc1)COc1ccccc1-3. The van der Waals surface area contributed by atoms with Crippen molar-refractivity contribution in [2.45, 2.75) is 76.1 Å². The van der Waals surface area contributed by atoms with Gasteiger partial charge in [0.25, 0.3) is 0 Å². The van der Waals surface area contributed by atoms with Gasteiger partial charge in [-0.15, -0.1) is 0 Å². The van der Waals surface area contributed by atoms with E-state index in [1.54, 1.807) is 6.07 Å². The third-order valence-corrected chi connectivity index (χ3v) is 9.57. The molecule has 42 heavy (non-hydrogen) atoms. The van der Waals surface area contributed by atoms with Crippen molar-refractivity contribution in [3.63, 3.8) is 0 Å². The molecule has 0 amide bonds. The minimum Gasteiger partial charge on any atom is -0.490 e. The molecule has 1 saturated carbocycles. The summed E-state index contributed by atoms with van der Waals surface area (Å²) in [4.78, 5) is 14.6. The number of benzene rings is 3. The second-order valence-corrected chi connectivity index (χ2v) is 12.3. The van der Waals surface area contributed by atoms with Crippen molar-refractivity contribution in [3.05, 3.63) is 89.5 Å². The van der Waals surface area contributed by atoms with Crippen molar-refractivity contribution in [1.82, 2.24) is 9.47 Å². The van der Waals surface area contributed by atoms with Gasteiger partial charge in [0.1, 0.15) is 18.5 Å². The zero-order valence-electron chi connectivity index (χ0n) is 24.2. The fourth-order valence-electron chi connectivity index (χ4n) is 7.48. The van der Waals surface area contributed by atoms with Gasteiger partial charge in [-0.3, -0.25) is 4.90 Å². The van der Waals surface area contributed by atoms with E-state index in [2.05, 4.69) is 58.0 Å². The number of likely N-dealkylation sites (tertiary alicyclic amines) is 1. The van der Waals surface area contributed by atoms with Crippen LogP contribution in [0.2, 0.25) is 0 Å². The maximum Gasteiger partial charge on any atom is 0.335 e. The molecule has 2 fully saturated rings. The van der Waals surface area contributed by atoms with Gasteiger partial charge in [-0.25, -0.2) is 4.79 Å². The average molecular weight is 565 g/mol. The van der Waals surface area contributed by atoms with E-state index >= 15 is 0 Å². The largest absolute Gasteiger partial charge is 0.490 e. The summed E-state index contributed by atoms with van der Waals surface area (Å²) >= 11 is 0. The van der Waals surface area contributed by atoms with E-state index in [9.17, 15) is 9.90 Å². The lowest BCUT2D eigenvalue weighted by Gasteiger charge is -2.30. The Bertz CT molecular complexity index is 1560. The highest BCUT2D eigenvalue weighted by Crippen LogP contribution is 2.47. The summed E-state index contributed by atoms with van der Waals surface area (Å²) in [5, 5.41) is 11.1. The van der Waals surface area contributed by atoms with Crippen molar-refractivity contribution in [2.75, 3.05) is 19.8 Å². The monoisotopic (exact) mass is 564 g/mol. The predicted octanol–water partition coefficient (Wildman–Crippen LogP) is 7.50. The number of hydrogen-bond acceptors (Lipinski definition) is 4. The number of nitrogens with zero attached hydrogens (tertiary/aromatic N) is 2. The zero-order chi connectivity index (χ0) is 28.5. The Morgan fingerprint density at radius 1 is 0.929 bits per heavy atom. The van der Waals surface area contributed by atoms with Gasteiger partial charge in [0.05, 0.1) is 24.4 Å². The van der Waals surface area contributed by atoms with Crippen LogP contribution < -0.4 is 4.74 Å². The second-order valence-electron chi connectivity index (χ2n) is 12.3. The second kappa shape index (κ2) is 11.9. The molecule has 6 nitrogen and oxygen atoms in total. The molecule has 0 radical (unpaired) electrons. The third kappa shape index (κ3) is 5.34. The molecule has 3 heterocycles. The smallest absolute Gasteiger partial charge is 0.335 e. The summed E-state index contributed by atoms with van der Waals surface area (Å²) in [6, 6.07) is 25.1. The van der Waals surface area contributed by atoms with Gasteiger partial charge in [0.15, 0.2) is 0 Å². The first kappa shape index (κ1) is 27.2. The van der Waals surface area contributed by atoms with Crippen molar-refractivity contribution in [3.8, 4) is 17.0 Å². The molecular weight excluding hydrogens is 524 g/mol. The van der Waals surface area contributed by atoms with E-state index in [0.29, 0.717) is 37.3 Å². The standard InChI is InChI=1S/C36H40N2O4/c39-36(40)27-17-18-30-32(20-27)38-22-29(41-23-28-14-9-19-37(28)21-25-10-3-1-4-11-25)24-42-33-16-8-7-15-31(33)35(38)34(30)26-12-5-2-6-13-26/h1,3-4,7-8,10-11,15-18,20,26,28-29H,2,5-6,9,12-14,19,21-24H2,(H,39,40)/t28?,29-/m0/s1. The molecule has 1 aromatic heterocycles. The third-order valence-electron chi connectivity index (χ3n) is 9.57. The van der Waals surface area contributed by atoms with Crippen LogP contribution in [0.15, 0.2) is 72.8 Å². The van der Waals surface area contributed by atoms with E-state index in [-0.39, 0.29) is 6.10 Å². The highest BCUT2D eigenvalue weighted by atomic mass is 16.5. The van der Waals surface area contributed by atoms with Crippen LogP contribution in [0.5, 0.6) is 5.75 Å². The lowest BCUT2D eigenvalue weighted by atomic mass is 9.81. The van der Waals surface area contributed by atoms with Crippen LogP contribution in [0.1, 0.15) is 72.3 Å². The first-order valence-electron chi connectivity index (χ1n) is 15.7. The van der Waals surface area contributed by atoms with Crippen LogP contribution in [-0.2, 0) is 17.8 Å². The molecule has 1 aliphatic carbocycles. The van der Waals surface area contributed by atoms with Crippen LogP contribution in [0, 0.1) is 0 Å². The van der Waals surface area contributed by atoms with Gasteiger partial charge in [-0.2, -0.15) is 0 Å². The van der Waals surface area contributed by atoms with Crippen LogP contribution in [0.25, 0.3) is 22.2 Å². The highest BCUT2D eigenvalue weighted by molar-refractivity contribution is 5.98. The Kier molecular flexibility index (Phi) is 7.74. The highest BCUT2D eigenvalue weighted by Gasteiger charge is 2.32. The molecule has 3 aliphatic rings. The zero-order valence-corrected chi connectivity index (χ0v) is 24.2. The number of carbonyl (C=O) groups is 1. The maximum atomic E-state index is 12.1. The summed E-state index contributed by atoms with van der Waals surface area (Å²) in [7, 11) is 0. The summed E-state index contributed by atoms with van der Waals surface area (Å²) in [5.41, 5.74) is 6.27. The fraction of sp³-hybridized carbons (Fsp3) is 0.417. The van der Waals surface area contributed by atoms with E-state index in [4.69, 9.17) is 9.47 Å². The molecule has 1 saturated heterocycles. The molecule has 1 unspecified atom stereocenters. The van der Waals surface area contributed by atoms with E-state index in [1.807, 2.05) is 18.2 Å². The first-order valence-corrected chi connectivity index (χ1v) is 15.7. The Morgan fingerprint density at radius 3 is 2.57 bits per heavy atom. The number of aromatic carboxylic acids is 1. The van der Waals surface area contributed by atoms with E-state index < -0.39 is 5.97 Å². The molecule has 2 aliphatic heterocycles. The normalized spacial score (nSPS) is 21.3. The number of para-hydroxylation sites is 1. The summed E-state index contributed by atoms with van der Waals surface area (Å²) in [6.07, 6.45) is 8.23. The van der Waals surface area contributed by atoms with Crippen LogP contribution in [0.3, 0.4) is 0 Å². The molecule has 0 spiro atoms. The van der Waals surface area contributed by atoms with Crippen molar-refractivity contribution >= 4 is 16.9 Å². The molecule has 2 atom stereocenters. The molecule has 218 valence electrons. The number of rotatable bonds is 7. The number of ether oxygens (including phenoxy) is 2. The van der Waals surface area contributed by atoms with Gasteiger partial charge >= 0.3 is 5.97 Å². The number of carboxylic acid groups (broad SMARTS) is 1. The minimum absolute atomic E-state index is 0.153. The minimum atomic E-state index is -0.895. The molecule has 6 heteroatoms. The molecule has 1 N–H and O–H groups in total. The molecule has 0 bridgehead atoms. The van der Waals surface area contributed by atoms with Gasteiger partial charge in [0, 0.05) is 29.1 Å². The van der Waals surface area contributed by atoms with Gasteiger partial charge in [0.2, 0.25) is 0 Å². The lowest BCUT2D eigenvalue weighted by molar-refractivity contribution is -0.0150. The molecule has 3 aromatic carbocycles. The Balaban J connectivity index is 1.24. The van der Waals surface area contributed by atoms with Gasteiger partial charge in [-0.05, 0) is 73.5 Å². The van der Waals surface area contributed by atoms with E-state index in [0.717, 1.165) is 49.2 Å². The number of aromatic nitrogens is 1. The van der Waals surface area contributed by atoms with Crippen molar-refractivity contribution < 1.29 is 19.4 Å². The van der Waals surface area contributed by atoms with Crippen LogP contribution >= 0.6 is 0 Å². The van der Waals surface area contributed by atoms with Crippen molar-refractivity contribution in [1.29, 1.82) is 0 Å². The number of carboxylic acids is 1. The van der Waals surface area contributed by atoms with Crippen LogP contribution in [-0.4, -0.2) is 52.4 Å². The average Bonchev–Trinajstić information content (AvgIpc) is 3.59. The van der Waals surface area contributed by atoms with Crippen molar-refractivity contribution in [2.24, 2.45) is 0 Å². The fourth-order valence-corrected chi connectivity index (χ4v) is 7.48. The molecule has 7 rings (SSSR count). The maximum absolute atomic E-state index is 12.1. The molecular formula is C36H40N2O4. The van der Waals surface area contributed by atoms with Gasteiger partial charge in [-0.1, -0.05) is 67.8 Å². The predicted molar refractivity (Wildman–Crippen MR) is 165 cm³/mol. The quantitative estimate of drug-likeness (QED) is 0.252. The summed E-state index contributed by atoms with van der Waals surface area (Å²) < 4.78 is 15.6. The number of fused-ring (bicyclic) bond motifs is 5. The summed E-state index contributed by atoms with van der Waals surface area (Å²) in [5.74, 6) is 0.427. The topological polar surface area (TPSA) is 63.9 Å². The first-order chi connectivity index (χ1) is 20.7. The Hall–Kier alpha value is -3.61. The Labute approximate surface area is 247 Å². The summed E-state index contributed by atoms with van der Waals surface area (Å²) in [6.45, 7) is 3.78. The molecule has 4 aromatic rings. The Morgan fingerprint density at radius 2 is 1.74 bits per heavy atom. The van der Waals surface area contributed by atoms with E-state index in [1.165, 1.54) is 47.9 Å². The van der Waals surface area contributed by atoms with Crippen LogP contribution in [0.4, 0.5) is 0 Å². The number of hydrogen-bond donors (Lipinski definition) is 1. The lowest BCUT2D eigenvalue weighted by Crippen LogP contribution is -2.37. The van der Waals surface area contributed by atoms with Gasteiger partial charge < -0.3 is 19.1 Å².